The number of nitrogens with two attached hydrogens (primary N) is 1. The van der Waals surface area contributed by atoms with E-state index in [1.807, 2.05) is 0 Å². The number of benzene rings is 2. The first-order valence-corrected chi connectivity index (χ1v) is 14.6. The summed E-state index contributed by atoms with van der Waals surface area (Å²) in [7, 11) is -4.23. The summed E-state index contributed by atoms with van der Waals surface area (Å²) in [5.74, 6) is 0.633. The Balaban J connectivity index is 0.000000203. The quantitative estimate of drug-likeness (QED) is 0.258. The maximum Gasteiger partial charge on any atom is 0.397 e. The molecular weight excluding hydrogens is 474 g/mol. The van der Waals surface area contributed by atoms with Crippen LogP contribution in [0.4, 0.5) is 5.69 Å². The van der Waals surface area contributed by atoms with Gasteiger partial charge in [0.25, 0.3) is 0 Å². The molecule has 0 aromatic heterocycles. The maximum absolute atomic E-state index is 10.2. The summed E-state index contributed by atoms with van der Waals surface area (Å²) >= 11 is 0. The molecule has 2 aromatic rings. The molecule has 1 atom stereocenters. The van der Waals surface area contributed by atoms with Crippen LogP contribution in [-0.2, 0) is 21.0 Å². The highest BCUT2D eigenvalue weighted by atomic mass is 32.3. The van der Waals surface area contributed by atoms with Crippen LogP contribution in [0.15, 0.2) is 53.5 Å². The molecule has 0 fully saturated rings. The fraction of sp³-hybridized carbons (Fsp3) is 0.536. The van der Waals surface area contributed by atoms with Gasteiger partial charge in [-0.3, -0.25) is 9.55 Å². The molecular formula is C28H41N3O4S. The van der Waals surface area contributed by atoms with Gasteiger partial charge in [0, 0.05) is 5.69 Å². The zero-order valence-electron chi connectivity index (χ0n) is 21.4. The third-order valence-corrected chi connectivity index (χ3v) is 7.23. The minimum atomic E-state index is -4.23. The molecule has 0 unspecified atom stereocenters. The minimum absolute atomic E-state index is 0.0926. The van der Waals surface area contributed by atoms with Gasteiger partial charge in [-0.05, 0) is 35.6 Å². The monoisotopic (exact) mass is 515 g/mol. The van der Waals surface area contributed by atoms with Crippen LogP contribution >= 0.6 is 0 Å². The van der Waals surface area contributed by atoms with Crippen molar-refractivity contribution in [2.75, 3.05) is 18.1 Å². The second kappa shape index (κ2) is 14.4. The highest BCUT2D eigenvalue weighted by Gasteiger charge is 2.33. The molecule has 4 rings (SSSR count). The van der Waals surface area contributed by atoms with Gasteiger partial charge in [0.1, 0.15) is 0 Å². The van der Waals surface area contributed by atoms with Gasteiger partial charge in [0.05, 0.1) is 19.2 Å². The third-order valence-electron chi connectivity index (χ3n) is 6.76. The number of guanidine groups is 1. The molecule has 0 radical (unpaired) electrons. The van der Waals surface area contributed by atoms with Gasteiger partial charge < -0.3 is 10.6 Å². The van der Waals surface area contributed by atoms with E-state index in [9.17, 15) is 8.42 Å². The molecule has 7 nitrogen and oxygen atoms in total. The van der Waals surface area contributed by atoms with Crippen molar-refractivity contribution in [2.45, 2.75) is 83.6 Å². The zero-order valence-corrected chi connectivity index (χ0v) is 22.3. The summed E-state index contributed by atoms with van der Waals surface area (Å²) in [5.41, 5.74) is 11.4. The lowest BCUT2D eigenvalue weighted by atomic mass is 9.97. The second-order valence-corrected chi connectivity index (χ2v) is 10.6. The van der Waals surface area contributed by atoms with Gasteiger partial charge in [-0.1, -0.05) is 107 Å². The summed E-state index contributed by atoms with van der Waals surface area (Å²) in [6.07, 6.45) is 12.8. The molecule has 0 amide bonds. The summed E-state index contributed by atoms with van der Waals surface area (Å²) in [6.45, 7) is 3.06. The number of nitrogens with zero attached hydrogens (tertiary/aromatic N) is 2. The summed E-state index contributed by atoms with van der Waals surface area (Å²) < 4.78 is 33.0. The summed E-state index contributed by atoms with van der Waals surface area (Å²) in [6, 6.07) is 17.3. The van der Waals surface area contributed by atoms with Crippen molar-refractivity contribution in [2.24, 2.45) is 10.7 Å². The van der Waals surface area contributed by atoms with E-state index in [1.165, 1.54) is 67.3 Å². The van der Waals surface area contributed by atoms with Crippen LogP contribution in [0, 0.1) is 0 Å². The largest absolute Gasteiger partial charge is 0.397 e. The molecule has 0 bridgehead atoms. The molecule has 8 heteroatoms. The number of hydrogen-bond donors (Lipinski definition) is 2. The number of anilines is 1. The van der Waals surface area contributed by atoms with Gasteiger partial charge in [0.2, 0.25) is 0 Å². The normalized spacial score (nSPS) is 16.2. The Kier molecular flexibility index (Phi) is 11.2. The number of rotatable bonds is 12. The third kappa shape index (κ3) is 8.61. The van der Waals surface area contributed by atoms with Crippen molar-refractivity contribution in [1.82, 2.24) is 0 Å². The van der Waals surface area contributed by atoms with Gasteiger partial charge in [-0.2, -0.15) is 8.42 Å². The first-order valence-electron chi connectivity index (χ1n) is 13.3. The van der Waals surface area contributed by atoms with E-state index in [0.29, 0.717) is 12.4 Å². The van der Waals surface area contributed by atoms with E-state index in [2.05, 4.69) is 69.5 Å². The fourth-order valence-corrected chi connectivity index (χ4v) is 5.23. The van der Waals surface area contributed by atoms with Crippen LogP contribution in [-0.4, -0.2) is 32.1 Å². The second-order valence-electron chi connectivity index (χ2n) is 9.52. The van der Waals surface area contributed by atoms with Crippen molar-refractivity contribution in [1.29, 1.82) is 0 Å². The zero-order chi connectivity index (χ0) is 25.8. The summed E-state index contributed by atoms with van der Waals surface area (Å²) in [4.78, 5) is 6.62. The van der Waals surface area contributed by atoms with Crippen molar-refractivity contribution < 1.29 is 17.2 Å². The standard InChI is InChI=1S/C16H15N3.C12H26O4S/c17-16-18-10-15-13-7-3-1-5-11(13)9-12-6-2-4-8-14(12)19(15)16;1-2-3-4-5-6-7-8-9-10-11-12-16-17(13,14)15/h1-8,15H,9-10H2,(H2,17,18);2-12H2,1H3,(H,13,14,15)/t15-;/m1./s1. The van der Waals surface area contributed by atoms with Crippen molar-refractivity contribution in [3.63, 3.8) is 0 Å². The molecule has 36 heavy (non-hydrogen) atoms. The number of hydrogen-bond acceptors (Lipinski definition) is 6. The molecule has 2 heterocycles. The van der Waals surface area contributed by atoms with E-state index in [0.717, 1.165) is 25.8 Å². The van der Waals surface area contributed by atoms with Crippen molar-refractivity contribution >= 4 is 22.0 Å². The van der Waals surface area contributed by atoms with Crippen LogP contribution in [0.3, 0.4) is 0 Å². The molecule has 2 aliphatic heterocycles. The van der Waals surface area contributed by atoms with Gasteiger partial charge in [0.15, 0.2) is 5.96 Å². The van der Waals surface area contributed by atoms with Crippen LogP contribution in [0.2, 0.25) is 0 Å². The maximum atomic E-state index is 10.2. The molecule has 0 aliphatic carbocycles. The first-order chi connectivity index (χ1) is 17.4. The molecule has 0 spiro atoms. The Labute approximate surface area is 216 Å². The highest BCUT2D eigenvalue weighted by Crippen LogP contribution is 2.39. The van der Waals surface area contributed by atoms with E-state index < -0.39 is 10.4 Å². The number of fused-ring (bicyclic) bond motifs is 5. The van der Waals surface area contributed by atoms with Crippen molar-refractivity contribution in [3.8, 4) is 0 Å². The lowest BCUT2D eigenvalue weighted by molar-refractivity contribution is 0.261. The smallest absolute Gasteiger partial charge is 0.369 e. The summed E-state index contributed by atoms with van der Waals surface area (Å²) in [5, 5.41) is 0. The Bertz CT molecular complexity index is 1090. The fourth-order valence-electron chi connectivity index (χ4n) is 4.90. The van der Waals surface area contributed by atoms with Crippen LogP contribution in [0.5, 0.6) is 0 Å². The molecule has 0 saturated carbocycles. The average molecular weight is 516 g/mol. The Morgan fingerprint density at radius 1 is 0.917 bits per heavy atom. The van der Waals surface area contributed by atoms with Crippen molar-refractivity contribution in [3.05, 3.63) is 65.2 Å². The first kappa shape index (κ1) is 28.2. The van der Waals surface area contributed by atoms with Crippen LogP contribution in [0.1, 0.15) is 93.9 Å². The van der Waals surface area contributed by atoms with E-state index in [4.69, 9.17) is 10.3 Å². The Hall–Kier alpha value is -2.42. The lowest BCUT2D eigenvalue weighted by Gasteiger charge is -2.26. The van der Waals surface area contributed by atoms with Gasteiger partial charge in [-0.15, -0.1) is 0 Å². The van der Waals surface area contributed by atoms with E-state index in [-0.39, 0.29) is 12.6 Å². The van der Waals surface area contributed by atoms with Crippen LogP contribution < -0.4 is 10.6 Å². The van der Waals surface area contributed by atoms with Gasteiger partial charge in [-0.25, -0.2) is 4.18 Å². The predicted octanol–water partition coefficient (Wildman–Crippen LogP) is 6.19. The average Bonchev–Trinajstić information content (AvgIpc) is 3.16. The van der Waals surface area contributed by atoms with E-state index in [1.54, 1.807) is 0 Å². The Morgan fingerprint density at radius 2 is 1.50 bits per heavy atom. The topological polar surface area (TPSA) is 105 Å². The van der Waals surface area contributed by atoms with E-state index >= 15 is 0 Å². The molecule has 2 aliphatic rings. The number of aliphatic imine (C=N–C) groups is 1. The molecule has 2 aromatic carbocycles. The molecule has 3 N–H and O–H groups in total. The number of para-hydroxylation sites is 1. The minimum Gasteiger partial charge on any atom is -0.369 e. The molecule has 198 valence electrons. The highest BCUT2D eigenvalue weighted by molar-refractivity contribution is 7.80. The molecule has 0 saturated heterocycles. The Morgan fingerprint density at radius 3 is 2.17 bits per heavy atom. The number of unbranched alkanes of at least 4 members (excludes halogenated alkanes) is 9. The predicted molar refractivity (Wildman–Crippen MR) is 147 cm³/mol. The van der Waals surface area contributed by atoms with Gasteiger partial charge >= 0.3 is 10.4 Å². The SMILES string of the molecule is CCCCCCCCCCCCOS(=O)(=O)O.NC1=NC[C@@H]2c3ccccc3Cc3ccccc3N12. The van der Waals surface area contributed by atoms with Crippen LogP contribution in [0.25, 0.3) is 0 Å². The lowest BCUT2D eigenvalue weighted by Crippen LogP contribution is -2.36.